The van der Waals surface area contributed by atoms with Crippen molar-refractivity contribution < 1.29 is 28.6 Å². The normalized spacial score (nSPS) is 29.1. The molecule has 10 nitrogen and oxygen atoms in total. The summed E-state index contributed by atoms with van der Waals surface area (Å²) in [5, 5.41) is 13.7. The summed E-state index contributed by atoms with van der Waals surface area (Å²) in [4.78, 5) is 41.6. The van der Waals surface area contributed by atoms with E-state index in [0.717, 1.165) is 46.4 Å². The number of dihydropyridines is 1. The predicted molar refractivity (Wildman–Crippen MR) is 183 cm³/mol. The zero-order valence-corrected chi connectivity index (χ0v) is 28.1. The minimum atomic E-state index is -1.18. The van der Waals surface area contributed by atoms with Gasteiger partial charge in [0.15, 0.2) is 11.2 Å². The third-order valence-electron chi connectivity index (χ3n) is 10.3. The smallest absolute Gasteiger partial charge is 0.336 e. The molecule has 4 aliphatic heterocycles. The summed E-state index contributed by atoms with van der Waals surface area (Å²) >= 11 is 0. The van der Waals surface area contributed by atoms with Gasteiger partial charge in [0.05, 0.1) is 18.2 Å². The molecule has 1 aromatic carbocycles. The van der Waals surface area contributed by atoms with Gasteiger partial charge in [0.1, 0.15) is 11.3 Å². The molecule has 7 rings (SSSR count). The Balaban J connectivity index is 1.42. The molecular weight excluding hydrogens is 639 g/mol. The zero-order valence-electron chi connectivity index (χ0n) is 26.5. The van der Waals surface area contributed by atoms with Crippen LogP contribution in [0, 0.1) is 5.92 Å². The fraction of sp³-hybridized carbons (Fsp3) is 0.457. The quantitative estimate of drug-likeness (QED) is 0.141. The van der Waals surface area contributed by atoms with Crippen molar-refractivity contribution in [3.05, 3.63) is 86.6 Å². The average Bonchev–Trinajstić information content (AvgIpc) is 3.39. The summed E-state index contributed by atoms with van der Waals surface area (Å²) in [5.74, 6) is 1.78. The van der Waals surface area contributed by atoms with Crippen LogP contribution < -0.4 is 21.4 Å². The maximum atomic E-state index is 13.8. The first kappa shape index (κ1) is 32.0. The molecule has 1 saturated heterocycles. The van der Waals surface area contributed by atoms with Crippen LogP contribution in [0.5, 0.6) is 5.75 Å². The number of nitrogens with zero attached hydrogens (tertiary/aromatic N) is 1. The number of nitrogens with one attached hydrogen (secondary N) is 1. The molecule has 5 aliphatic rings. The molecule has 0 saturated carbocycles. The highest BCUT2D eigenvalue weighted by Crippen LogP contribution is 2.57. The number of hydrogen-bond donors (Lipinski definition) is 3. The lowest BCUT2D eigenvalue weighted by Gasteiger charge is -2.53. The van der Waals surface area contributed by atoms with E-state index in [0.29, 0.717) is 47.9 Å². The molecule has 2 aromatic rings. The Morgan fingerprint density at radius 2 is 2.13 bits per heavy atom. The highest BCUT2D eigenvalue weighted by atomic mass is 33.1. The molecular formula is C35H39N3O7S2. The number of amides is 1. The number of carbonyl (C=O) groups excluding carboxylic acids is 2. The highest BCUT2D eigenvalue weighted by Gasteiger charge is 2.64. The zero-order chi connectivity index (χ0) is 32.9. The lowest BCUT2D eigenvalue weighted by Crippen LogP contribution is -2.65. The van der Waals surface area contributed by atoms with Crippen molar-refractivity contribution in [3.63, 3.8) is 0 Å². The van der Waals surface area contributed by atoms with Gasteiger partial charge in [0.2, 0.25) is 5.91 Å². The van der Waals surface area contributed by atoms with E-state index in [2.05, 4.69) is 11.4 Å². The highest BCUT2D eigenvalue weighted by molar-refractivity contribution is 8.76. The summed E-state index contributed by atoms with van der Waals surface area (Å²) in [5.41, 5.74) is 8.33. The van der Waals surface area contributed by atoms with E-state index < -0.39 is 28.7 Å². The molecule has 4 atom stereocenters. The summed E-state index contributed by atoms with van der Waals surface area (Å²) in [7, 11) is 3.54. The SMILES string of the molecule is CC=C(CCO)C(=O)OC1(C)CC=C2CSSCC3CCN3C(=O)CC3=C(C=C(N)NC3)C2C12Cc1cc3ccc(=O)oc3cc1O2. The van der Waals surface area contributed by atoms with E-state index in [4.69, 9.17) is 19.6 Å². The van der Waals surface area contributed by atoms with Crippen molar-refractivity contribution in [3.8, 4) is 5.75 Å². The Morgan fingerprint density at radius 3 is 2.89 bits per heavy atom. The molecule has 1 amide bonds. The molecule has 1 aromatic heterocycles. The standard InChI is InChI=1S/C35H39N3O7S2/c1-3-20(8-11-39)33(42)45-34(2)9-6-22-18-46-47-19-25-7-10-38(25)30(40)13-24-17-37-29(36)14-26(24)32(22)35(34)16-23-12-21-4-5-31(41)43-27(21)15-28(23)44-35/h3-6,12,14-15,25,32,37,39H,7-11,13,16-19,36H2,1-2H3. The van der Waals surface area contributed by atoms with Crippen LogP contribution in [0.4, 0.5) is 0 Å². The number of esters is 1. The summed E-state index contributed by atoms with van der Waals surface area (Å²) < 4.78 is 19.2. The van der Waals surface area contributed by atoms with Crippen molar-refractivity contribution >= 4 is 44.4 Å². The number of fused-ring (bicyclic) bond motifs is 6. The predicted octanol–water partition coefficient (Wildman–Crippen LogP) is 4.13. The largest absolute Gasteiger partial charge is 0.481 e. The van der Waals surface area contributed by atoms with Crippen LogP contribution in [0.3, 0.4) is 0 Å². The number of rotatable bonds is 4. The van der Waals surface area contributed by atoms with Gasteiger partial charge in [-0.05, 0) is 55.2 Å². The van der Waals surface area contributed by atoms with Gasteiger partial charge >= 0.3 is 11.6 Å². The molecule has 12 heteroatoms. The minimum Gasteiger partial charge on any atom is -0.481 e. The summed E-state index contributed by atoms with van der Waals surface area (Å²) in [6, 6.07) is 7.10. The van der Waals surface area contributed by atoms with Crippen LogP contribution in [0.1, 0.15) is 45.1 Å². The number of aliphatic hydroxyl groups excluding tert-OH is 1. The van der Waals surface area contributed by atoms with Crippen molar-refractivity contribution in [1.82, 2.24) is 10.2 Å². The third-order valence-corrected chi connectivity index (χ3v) is 12.7. The van der Waals surface area contributed by atoms with Crippen molar-refractivity contribution in [1.29, 1.82) is 0 Å². The number of hydrogen-bond acceptors (Lipinski definition) is 11. The first-order chi connectivity index (χ1) is 22.6. The Kier molecular flexibility index (Phi) is 8.46. The number of allylic oxidation sites excluding steroid dienone is 2. The fourth-order valence-electron chi connectivity index (χ4n) is 7.59. The van der Waals surface area contributed by atoms with Gasteiger partial charge in [-0.2, -0.15) is 0 Å². The van der Waals surface area contributed by atoms with Gasteiger partial charge < -0.3 is 34.9 Å². The second-order valence-corrected chi connectivity index (χ2v) is 15.5. The van der Waals surface area contributed by atoms with Gasteiger partial charge in [0, 0.05) is 79.6 Å². The van der Waals surface area contributed by atoms with Crippen molar-refractivity contribution in [2.75, 3.05) is 31.2 Å². The van der Waals surface area contributed by atoms with Gasteiger partial charge in [-0.25, -0.2) is 9.59 Å². The van der Waals surface area contributed by atoms with Gasteiger partial charge in [0.25, 0.3) is 0 Å². The topological polar surface area (TPSA) is 144 Å². The molecule has 1 fully saturated rings. The van der Waals surface area contributed by atoms with Gasteiger partial charge in [-0.3, -0.25) is 4.79 Å². The number of benzene rings is 1. The van der Waals surface area contributed by atoms with E-state index in [-0.39, 0.29) is 31.4 Å². The average molecular weight is 678 g/mol. The number of carbonyl (C=O) groups is 2. The van der Waals surface area contributed by atoms with Crippen molar-refractivity contribution in [2.24, 2.45) is 11.7 Å². The molecule has 5 heterocycles. The second-order valence-electron chi connectivity index (χ2n) is 13.0. The molecule has 4 N–H and O–H groups in total. The lowest BCUT2D eigenvalue weighted by molar-refractivity contribution is -0.186. The first-order valence-electron chi connectivity index (χ1n) is 16.1. The Labute approximate surface area is 280 Å². The van der Waals surface area contributed by atoms with E-state index in [1.54, 1.807) is 46.7 Å². The van der Waals surface area contributed by atoms with Crippen LogP contribution in [0.25, 0.3) is 11.0 Å². The third kappa shape index (κ3) is 5.57. The van der Waals surface area contributed by atoms with E-state index in [1.165, 1.54) is 6.07 Å². The fourth-order valence-corrected chi connectivity index (χ4v) is 10.1. The van der Waals surface area contributed by atoms with Crippen LogP contribution in [-0.4, -0.2) is 70.3 Å². The van der Waals surface area contributed by atoms with E-state index >= 15 is 0 Å². The molecule has 1 aliphatic carbocycles. The Morgan fingerprint density at radius 1 is 1.28 bits per heavy atom. The summed E-state index contributed by atoms with van der Waals surface area (Å²) in [6.07, 6.45) is 7.98. The number of ether oxygens (including phenoxy) is 2. The molecule has 4 unspecified atom stereocenters. The first-order valence-corrected chi connectivity index (χ1v) is 18.5. The Hall–Kier alpha value is -3.61. The van der Waals surface area contributed by atoms with Crippen LogP contribution in [-0.2, 0) is 20.7 Å². The van der Waals surface area contributed by atoms with Crippen LogP contribution in [0.2, 0.25) is 0 Å². The lowest BCUT2D eigenvalue weighted by atomic mass is 9.61. The van der Waals surface area contributed by atoms with Crippen LogP contribution >= 0.6 is 21.6 Å². The molecule has 0 bridgehead atoms. The number of aliphatic hydroxyl groups is 1. The maximum Gasteiger partial charge on any atom is 0.336 e. The Bertz CT molecular complexity index is 1830. The maximum absolute atomic E-state index is 13.8. The van der Waals surface area contributed by atoms with Gasteiger partial charge in [-0.15, -0.1) is 0 Å². The summed E-state index contributed by atoms with van der Waals surface area (Å²) in [6.45, 7) is 4.67. The van der Waals surface area contributed by atoms with Crippen molar-refractivity contribution in [2.45, 2.75) is 63.2 Å². The number of nitrogens with two attached hydrogens (primary N) is 1. The molecule has 0 radical (unpaired) electrons. The molecule has 47 heavy (non-hydrogen) atoms. The monoisotopic (exact) mass is 677 g/mol. The van der Waals surface area contributed by atoms with Gasteiger partial charge in [-0.1, -0.05) is 39.3 Å². The second kappa shape index (κ2) is 12.4. The molecule has 248 valence electrons. The van der Waals surface area contributed by atoms with E-state index in [1.807, 2.05) is 24.0 Å². The molecule has 1 spiro atoms. The van der Waals surface area contributed by atoms with E-state index in [9.17, 15) is 19.5 Å². The minimum absolute atomic E-state index is 0.0961. The van der Waals surface area contributed by atoms with Crippen LogP contribution in [0.15, 0.2) is 79.8 Å².